The Morgan fingerprint density at radius 1 is 1.47 bits per heavy atom. The van der Waals surface area contributed by atoms with Crippen molar-refractivity contribution in [2.75, 3.05) is 5.73 Å². The van der Waals surface area contributed by atoms with Gasteiger partial charge in [-0.15, -0.1) is 0 Å². The van der Waals surface area contributed by atoms with Crippen molar-refractivity contribution in [3.05, 3.63) is 40.6 Å². The van der Waals surface area contributed by atoms with Gasteiger partial charge in [-0.1, -0.05) is 11.6 Å². The number of nitrogens with two attached hydrogens (primary N) is 1. The highest BCUT2D eigenvalue weighted by Crippen LogP contribution is 2.31. The molecule has 2 heterocycles. The van der Waals surface area contributed by atoms with Crippen LogP contribution in [0.15, 0.2) is 18.3 Å². The highest BCUT2D eigenvalue weighted by atomic mass is 35.5. The van der Waals surface area contributed by atoms with Crippen molar-refractivity contribution >= 4 is 23.3 Å². The predicted molar refractivity (Wildman–Crippen MR) is 68.5 cm³/mol. The van der Waals surface area contributed by atoms with Gasteiger partial charge in [-0.25, -0.2) is 14.2 Å². The van der Waals surface area contributed by atoms with Crippen molar-refractivity contribution in [3.63, 3.8) is 0 Å². The molecule has 0 aliphatic rings. The molecule has 0 unspecified atom stereocenters. The first-order valence-electron chi connectivity index (χ1n) is 5.22. The Hall–Kier alpha value is -2.21. The fourth-order valence-corrected chi connectivity index (χ4v) is 1.71. The molecule has 0 fully saturated rings. The summed E-state index contributed by atoms with van der Waals surface area (Å²) in [4.78, 5) is 18.7. The Balaban J connectivity index is 2.70. The zero-order chi connectivity index (χ0) is 14.2. The lowest BCUT2D eigenvalue weighted by Gasteiger charge is -2.09. The first-order valence-corrected chi connectivity index (χ1v) is 5.60. The summed E-state index contributed by atoms with van der Waals surface area (Å²) < 4.78 is 14.0. The van der Waals surface area contributed by atoms with Gasteiger partial charge < -0.3 is 10.8 Å². The van der Waals surface area contributed by atoms with Crippen LogP contribution in [0.25, 0.3) is 11.3 Å². The highest BCUT2D eigenvalue weighted by Gasteiger charge is 2.21. The fourth-order valence-electron chi connectivity index (χ4n) is 1.50. The molecular formula is C12H9ClFN3O2. The van der Waals surface area contributed by atoms with Crippen LogP contribution >= 0.6 is 11.6 Å². The van der Waals surface area contributed by atoms with Crippen LogP contribution in [0.2, 0.25) is 5.02 Å². The van der Waals surface area contributed by atoms with Crippen LogP contribution in [0.4, 0.5) is 10.1 Å². The van der Waals surface area contributed by atoms with Gasteiger partial charge in [-0.3, -0.25) is 4.98 Å². The van der Waals surface area contributed by atoms with Crippen molar-refractivity contribution < 1.29 is 14.3 Å². The van der Waals surface area contributed by atoms with E-state index in [2.05, 4.69) is 9.97 Å². The minimum atomic E-state index is -1.38. The Kier molecular flexibility index (Phi) is 3.35. The Bertz CT molecular complexity index is 659. The number of pyridine rings is 2. The van der Waals surface area contributed by atoms with Crippen LogP contribution in [0.3, 0.4) is 0 Å². The monoisotopic (exact) mass is 281 g/mol. The number of hydrogen-bond donors (Lipinski definition) is 2. The minimum Gasteiger partial charge on any atom is -0.476 e. The number of carboxylic acid groups (broad SMARTS) is 1. The number of nitrogen functional groups attached to an aromatic ring is 1. The molecule has 2 aromatic rings. The summed E-state index contributed by atoms with van der Waals surface area (Å²) >= 11 is 5.65. The molecule has 0 atom stereocenters. The summed E-state index contributed by atoms with van der Waals surface area (Å²) in [6.45, 7) is 1.77. The second-order valence-electron chi connectivity index (χ2n) is 3.84. The summed E-state index contributed by atoms with van der Waals surface area (Å²) in [7, 11) is 0. The number of aryl methyl sites for hydroxylation is 1. The van der Waals surface area contributed by atoms with E-state index < -0.39 is 28.2 Å². The molecule has 0 saturated carbocycles. The lowest BCUT2D eigenvalue weighted by molar-refractivity contribution is 0.0691. The van der Waals surface area contributed by atoms with Gasteiger partial charge in [0.05, 0.1) is 10.7 Å². The zero-order valence-electron chi connectivity index (χ0n) is 9.82. The third kappa shape index (κ3) is 2.34. The van der Waals surface area contributed by atoms with Crippen LogP contribution in [0.1, 0.15) is 16.2 Å². The average Bonchev–Trinajstić information content (AvgIpc) is 2.37. The van der Waals surface area contributed by atoms with Crippen molar-refractivity contribution in [3.8, 4) is 11.3 Å². The average molecular weight is 282 g/mol. The van der Waals surface area contributed by atoms with E-state index in [0.717, 1.165) is 5.69 Å². The summed E-state index contributed by atoms with van der Waals surface area (Å²) in [5, 5.41) is 8.55. The number of anilines is 1. The maximum Gasteiger partial charge on any atom is 0.356 e. The number of aromatic nitrogens is 2. The maximum atomic E-state index is 14.0. The highest BCUT2D eigenvalue weighted by molar-refractivity contribution is 6.35. The van der Waals surface area contributed by atoms with E-state index in [9.17, 15) is 9.18 Å². The second-order valence-corrected chi connectivity index (χ2v) is 4.22. The van der Waals surface area contributed by atoms with E-state index in [4.69, 9.17) is 22.4 Å². The smallest absolute Gasteiger partial charge is 0.356 e. The van der Waals surface area contributed by atoms with E-state index in [1.807, 2.05) is 0 Å². The minimum absolute atomic E-state index is 0.188. The standard InChI is InChI=1S/C12H9ClFN3O2/c1-5-2-3-6(4-16-5)10-8(14)9(15)7(13)11(17-10)12(18)19/h2-4H,1H3,(H2,15,17)(H,18,19). The maximum absolute atomic E-state index is 14.0. The lowest BCUT2D eigenvalue weighted by Crippen LogP contribution is -2.08. The Morgan fingerprint density at radius 2 is 2.16 bits per heavy atom. The predicted octanol–water partition coefficient (Wildman–Crippen LogP) is 2.52. The van der Waals surface area contributed by atoms with E-state index in [1.54, 1.807) is 19.1 Å². The molecule has 0 spiro atoms. The van der Waals surface area contributed by atoms with Gasteiger partial charge in [0.25, 0.3) is 0 Å². The van der Waals surface area contributed by atoms with Crippen molar-refractivity contribution in [2.45, 2.75) is 6.92 Å². The number of carboxylic acids is 1. The SMILES string of the molecule is Cc1ccc(-c2nc(C(=O)O)c(Cl)c(N)c2F)cn1. The Morgan fingerprint density at radius 3 is 2.68 bits per heavy atom. The first kappa shape index (κ1) is 13.2. The number of halogens is 2. The third-order valence-corrected chi connectivity index (χ3v) is 2.88. The topological polar surface area (TPSA) is 89.1 Å². The number of hydrogen-bond acceptors (Lipinski definition) is 4. The molecule has 98 valence electrons. The van der Waals surface area contributed by atoms with Gasteiger partial charge in [-0.2, -0.15) is 0 Å². The van der Waals surface area contributed by atoms with Crippen molar-refractivity contribution in [2.24, 2.45) is 0 Å². The summed E-state index contributed by atoms with van der Waals surface area (Å²) in [6, 6.07) is 3.23. The van der Waals surface area contributed by atoms with Crippen LogP contribution in [-0.2, 0) is 0 Å². The molecular weight excluding hydrogens is 273 g/mol. The van der Waals surface area contributed by atoms with Gasteiger partial charge in [0.2, 0.25) is 0 Å². The van der Waals surface area contributed by atoms with E-state index in [0.29, 0.717) is 5.56 Å². The van der Waals surface area contributed by atoms with Crippen LogP contribution in [0, 0.1) is 12.7 Å². The molecule has 0 aliphatic carbocycles. The van der Waals surface area contributed by atoms with Crippen LogP contribution in [-0.4, -0.2) is 21.0 Å². The van der Waals surface area contributed by atoms with E-state index >= 15 is 0 Å². The summed E-state index contributed by atoms with van der Waals surface area (Å²) in [6.07, 6.45) is 1.39. The molecule has 0 bridgehead atoms. The zero-order valence-corrected chi connectivity index (χ0v) is 10.6. The van der Waals surface area contributed by atoms with E-state index in [-0.39, 0.29) is 5.69 Å². The largest absolute Gasteiger partial charge is 0.476 e. The molecule has 2 rings (SSSR count). The molecule has 7 heteroatoms. The molecule has 0 aliphatic heterocycles. The fraction of sp³-hybridized carbons (Fsp3) is 0.0833. The number of rotatable bonds is 2. The molecule has 5 nitrogen and oxygen atoms in total. The first-order chi connectivity index (χ1) is 8.91. The molecule has 0 amide bonds. The molecule has 0 aromatic carbocycles. The summed E-state index contributed by atoms with van der Waals surface area (Å²) in [5.74, 6) is -2.24. The molecule has 3 N–H and O–H groups in total. The molecule has 19 heavy (non-hydrogen) atoms. The van der Waals surface area contributed by atoms with Gasteiger partial charge in [0.1, 0.15) is 5.69 Å². The molecule has 0 saturated heterocycles. The summed E-state index contributed by atoms with van der Waals surface area (Å²) in [5.41, 5.74) is 5.41. The van der Waals surface area contributed by atoms with Crippen molar-refractivity contribution in [1.29, 1.82) is 0 Å². The molecule has 2 aromatic heterocycles. The van der Waals surface area contributed by atoms with Gasteiger partial charge in [0, 0.05) is 17.5 Å². The van der Waals surface area contributed by atoms with Crippen LogP contribution < -0.4 is 5.73 Å². The van der Waals surface area contributed by atoms with E-state index in [1.165, 1.54) is 6.20 Å². The van der Waals surface area contributed by atoms with Crippen molar-refractivity contribution in [1.82, 2.24) is 9.97 Å². The molecule has 0 radical (unpaired) electrons. The van der Waals surface area contributed by atoms with Gasteiger partial charge in [0.15, 0.2) is 11.5 Å². The normalized spacial score (nSPS) is 10.5. The number of carbonyl (C=O) groups is 1. The third-order valence-electron chi connectivity index (χ3n) is 2.50. The Labute approximate surface area is 112 Å². The van der Waals surface area contributed by atoms with Crippen LogP contribution in [0.5, 0.6) is 0 Å². The quantitative estimate of drug-likeness (QED) is 0.883. The number of nitrogens with zero attached hydrogens (tertiary/aromatic N) is 2. The second kappa shape index (κ2) is 4.81. The van der Waals surface area contributed by atoms with Gasteiger partial charge in [-0.05, 0) is 19.1 Å². The number of aromatic carboxylic acids is 1. The lowest BCUT2D eigenvalue weighted by atomic mass is 10.1. The van der Waals surface area contributed by atoms with Gasteiger partial charge >= 0.3 is 5.97 Å².